The second kappa shape index (κ2) is 6.73. The van der Waals surface area contributed by atoms with Crippen LogP contribution in [0.2, 0.25) is 0 Å². The molecule has 20 heavy (non-hydrogen) atoms. The highest BCUT2D eigenvalue weighted by atomic mass is 32.2. The Labute approximate surface area is 125 Å². The monoisotopic (exact) mass is 320 g/mol. The minimum atomic E-state index is -3.58. The number of nitrogen functional groups attached to an aromatic ring is 1. The summed E-state index contributed by atoms with van der Waals surface area (Å²) in [7, 11) is -0.576. The summed E-state index contributed by atoms with van der Waals surface area (Å²) < 4.78 is 30.0. The lowest BCUT2D eigenvalue weighted by Crippen LogP contribution is -2.30. The number of aromatic nitrogens is 1. The average molecular weight is 320 g/mol. The number of hydrogen-bond acceptors (Lipinski definition) is 6. The molecule has 6 nitrogen and oxygen atoms in total. The summed E-state index contributed by atoms with van der Waals surface area (Å²) in [5, 5.41) is 0.638. The van der Waals surface area contributed by atoms with Gasteiger partial charge < -0.3 is 10.6 Å². The molecule has 0 saturated heterocycles. The summed E-state index contributed by atoms with van der Waals surface area (Å²) >= 11 is 1.15. The molecule has 0 fully saturated rings. The van der Waals surface area contributed by atoms with Crippen LogP contribution in [0, 0.1) is 5.92 Å². The summed E-state index contributed by atoms with van der Waals surface area (Å²) in [6.45, 7) is 7.79. The minimum absolute atomic E-state index is 0.0845. The molecule has 1 aromatic rings. The van der Waals surface area contributed by atoms with Crippen molar-refractivity contribution < 1.29 is 8.42 Å². The van der Waals surface area contributed by atoms with Crippen LogP contribution in [-0.4, -0.2) is 44.3 Å². The molecule has 0 amide bonds. The molecular formula is C12H24N4O2S2. The predicted octanol–water partition coefficient (Wildman–Crippen LogP) is 1.85. The Bertz CT molecular complexity index is 540. The van der Waals surface area contributed by atoms with Gasteiger partial charge in [-0.2, -0.15) is 4.37 Å². The molecule has 1 unspecified atom stereocenters. The Balaban J connectivity index is 3.26. The highest BCUT2D eigenvalue weighted by Crippen LogP contribution is 2.36. The minimum Gasteiger partial charge on any atom is -0.382 e. The van der Waals surface area contributed by atoms with Gasteiger partial charge in [-0.3, -0.25) is 0 Å². The van der Waals surface area contributed by atoms with Crippen LogP contribution in [0.15, 0.2) is 4.90 Å². The van der Waals surface area contributed by atoms with Crippen molar-refractivity contribution in [2.75, 3.05) is 37.8 Å². The van der Waals surface area contributed by atoms with E-state index in [4.69, 9.17) is 5.73 Å². The fraction of sp³-hybridized carbons (Fsp3) is 0.750. The Morgan fingerprint density at radius 2 is 1.95 bits per heavy atom. The van der Waals surface area contributed by atoms with Crippen molar-refractivity contribution in [2.24, 2.45) is 5.92 Å². The Morgan fingerprint density at radius 3 is 2.40 bits per heavy atom. The molecule has 0 saturated carbocycles. The number of nitrogens with two attached hydrogens (primary N) is 1. The van der Waals surface area contributed by atoms with E-state index in [1.165, 1.54) is 18.4 Å². The topological polar surface area (TPSA) is 79.5 Å². The first-order valence-electron chi connectivity index (χ1n) is 6.68. The van der Waals surface area contributed by atoms with Crippen molar-refractivity contribution in [1.29, 1.82) is 0 Å². The SMILES string of the molecule is CCC(C)CN(CC)c1snc(N)c1S(=O)(=O)N(C)C. The molecule has 0 spiro atoms. The molecule has 0 radical (unpaired) electrons. The van der Waals surface area contributed by atoms with E-state index in [2.05, 4.69) is 18.2 Å². The lowest BCUT2D eigenvalue weighted by molar-refractivity contribution is 0.519. The third-order valence-electron chi connectivity index (χ3n) is 3.29. The van der Waals surface area contributed by atoms with Crippen molar-refractivity contribution in [1.82, 2.24) is 8.68 Å². The zero-order valence-electron chi connectivity index (χ0n) is 12.8. The summed E-state index contributed by atoms with van der Waals surface area (Å²) in [6.07, 6.45) is 1.04. The van der Waals surface area contributed by atoms with Gasteiger partial charge in [0.25, 0.3) is 0 Å². The maximum absolute atomic E-state index is 12.4. The second-order valence-electron chi connectivity index (χ2n) is 5.04. The van der Waals surface area contributed by atoms with E-state index >= 15 is 0 Å². The van der Waals surface area contributed by atoms with E-state index in [9.17, 15) is 8.42 Å². The van der Waals surface area contributed by atoms with Gasteiger partial charge >= 0.3 is 0 Å². The maximum Gasteiger partial charge on any atom is 0.249 e. The summed E-state index contributed by atoms with van der Waals surface area (Å²) in [5.74, 6) is 0.564. The molecule has 8 heteroatoms. The highest BCUT2D eigenvalue weighted by molar-refractivity contribution is 7.89. The fourth-order valence-corrected chi connectivity index (χ4v) is 4.07. The van der Waals surface area contributed by atoms with E-state index in [0.29, 0.717) is 10.9 Å². The van der Waals surface area contributed by atoms with Crippen LogP contribution in [0.1, 0.15) is 27.2 Å². The van der Waals surface area contributed by atoms with Gasteiger partial charge in [-0.1, -0.05) is 20.3 Å². The van der Waals surface area contributed by atoms with Crippen molar-refractivity contribution in [3.63, 3.8) is 0 Å². The van der Waals surface area contributed by atoms with Gasteiger partial charge in [0, 0.05) is 27.2 Å². The van der Waals surface area contributed by atoms with Gasteiger partial charge in [0.2, 0.25) is 10.0 Å². The summed E-state index contributed by atoms with van der Waals surface area (Å²) in [5.41, 5.74) is 5.79. The molecule has 1 atom stereocenters. The van der Waals surface area contributed by atoms with Crippen LogP contribution in [0.25, 0.3) is 0 Å². The lowest BCUT2D eigenvalue weighted by atomic mass is 10.1. The molecule has 1 heterocycles. The number of rotatable bonds is 7. The lowest BCUT2D eigenvalue weighted by Gasteiger charge is -2.25. The van der Waals surface area contributed by atoms with Crippen LogP contribution in [-0.2, 0) is 10.0 Å². The first kappa shape index (κ1) is 17.2. The van der Waals surface area contributed by atoms with Crippen LogP contribution in [0.5, 0.6) is 0 Å². The van der Waals surface area contributed by atoms with Crippen molar-refractivity contribution in [3.05, 3.63) is 0 Å². The molecule has 0 aliphatic carbocycles. The smallest absolute Gasteiger partial charge is 0.249 e. The third-order valence-corrected chi connectivity index (χ3v) is 6.23. The molecular weight excluding hydrogens is 296 g/mol. The molecule has 1 rings (SSSR count). The molecule has 0 bridgehead atoms. The molecule has 1 aromatic heterocycles. The van der Waals surface area contributed by atoms with E-state index in [-0.39, 0.29) is 10.7 Å². The number of anilines is 2. The van der Waals surface area contributed by atoms with Crippen LogP contribution < -0.4 is 10.6 Å². The van der Waals surface area contributed by atoms with Gasteiger partial charge in [0.05, 0.1) is 0 Å². The van der Waals surface area contributed by atoms with E-state index in [0.717, 1.165) is 31.0 Å². The predicted molar refractivity (Wildman–Crippen MR) is 84.7 cm³/mol. The number of sulfonamides is 1. The van der Waals surface area contributed by atoms with Gasteiger partial charge in [-0.05, 0) is 24.4 Å². The second-order valence-corrected chi connectivity index (χ2v) is 7.88. The molecule has 0 aliphatic rings. The Hall–Kier alpha value is -0.860. The van der Waals surface area contributed by atoms with Crippen LogP contribution >= 0.6 is 11.5 Å². The fourth-order valence-electron chi connectivity index (χ4n) is 1.77. The molecule has 0 aliphatic heterocycles. The summed E-state index contributed by atoms with van der Waals surface area (Å²) in [4.78, 5) is 2.18. The van der Waals surface area contributed by atoms with Crippen molar-refractivity contribution >= 4 is 32.4 Å². The van der Waals surface area contributed by atoms with Gasteiger partial charge in [-0.25, -0.2) is 12.7 Å². The summed E-state index contributed by atoms with van der Waals surface area (Å²) in [6, 6.07) is 0. The van der Waals surface area contributed by atoms with Gasteiger partial charge in [-0.15, -0.1) is 0 Å². The van der Waals surface area contributed by atoms with E-state index < -0.39 is 10.0 Å². The normalized spacial score (nSPS) is 13.7. The quantitative estimate of drug-likeness (QED) is 0.829. The zero-order chi connectivity index (χ0) is 15.5. The van der Waals surface area contributed by atoms with Gasteiger partial charge in [0.1, 0.15) is 5.00 Å². The maximum atomic E-state index is 12.4. The number of hydrogen-bond donors (Lipinski definition) is 1. The Morgan fingerprint density at radius 1 is 1.35 bits per heavy atom. The highest BCUT2D eigenvalue weighted by Gasteiger charge is 2.30. The van der Waals surface area contributed by atoms with E-state index in [1.807, 2.05) is 11.8 Å². The first-order valence-corrected chi connectivity index (χ1v) is 8.89. The third kappa shape index (κ3) is 3.42. The Kier molecular flexibility index (Phi) is 5.79. The zero-order valence-corrected chi connectivity index (χ0v) is 14.4. The molecule has 2 N–H and O–H groups in total. The standard InChI is InChI=1S/C12H24N4O2S2/c1-6-9(3)8-16(7-2)12-10(11(13)14-19-12)20(17,18)15(4)5/h9H,6-8H2,1-5H3,(H2,13,14). The van der Waals surface area contributed by atoms with Crippen molar-refractivity contribution in [3.8, 4) is 0 Å². The molecule has 116 valence electrons. The van der Waals surface area contributed by atoms with E-state index in [1.54, 1.807) is 0 Å². The van der Waals surface area contributed by atoms with Crippen LogP contribution in [0.3, 0.4) is 0 Å². The first-order chi connectivity index (χ1) is 9.25. The van der Waals surface area contributed by atoms with Gasteiger partial charge in [0.15, 0.2) is 10.7 Å². The molecule has 0 aromatic carbocycles. The van der Waals surface area contributed by atoms with Crippen LogP contribution in [0.4, 0.5) is 10.8 Å². The van der Waals surface area contributed by atoms with Crippen molar-refractivity contribution in [2.45, 2.75) is 32.1 Å². The average Bonchev–Trinajstić information content (AvgIpc) is 2.77. The largest absolute Gasteiger partial charge is 0.382 e. The number of nitrogens with zero attached hydrogens (tertiary/aromatic N) is 3.